The molecule has 0 atom stereocenters. The quantitative estimate of drug-likeness (QED) is 0.647. The maximum absolute atomic E-state index is 5.83. The average molecular weight is 207 g/mol. The van der Waals surface area contributed by atoms with Gasteiger partial charge in [0.15, 0.2) is 0 Å². The topological polar surface area (TPSA) is 9.23 Å². The molecular formula is C12H19OSi. The van der Waals surface area contributed by atoms with Crippen molar-refractivity contribution in [1.82, 2.24) is 0 Å². The molecule has 0 aliphatic heterocycles. The number of rotatable bonds is 6. The molecule has 0 saturated carbocycles. The number of unbranched alkanes of at least 4 members (excludes halogenated alkanes) is 1. The molecule has 14 heavy (non-hydrogen) atoms. The fourth-order valence-corrected chi connectivity index (χ4v) is 2.69. The Morgan fingerprint density at radius 3 is 2.57 bits per heavy atom. The van der Waals surface area contributed by atoms with E-state index in [-0.39, 0.29) is 0 Å². The van der Waals surface area contributed by atoms with E-state index in [0.29, 0.717) is 0 Å². The van der Waals surface area contributed by atoms with Crippen LogP contribution >= 0.6 is 0 Å². The van der Waals surface area contributed by atoms with E-state index in [1.165, 1.54) is 24.4 Å². The van der Waals surface area contributed by atoms with E-state index in [2.05, 4.69) is 37.7 Å². The van der Waals surface area contributed by atoms with E-state index in [9.17, 15) is 0 Å². The monoisotopic (exact) mass is 207 g/mol. The molecule has 0 aliphatic carbocycles. The number of benzene rings is 1. The Hall–Kier alpha value is -0.603. The van der Waals surface area contributed by atoms with E-state index in [1.54, 1.807) is 0 Å². The van der Waals surface area contributed by atoms with Gasteiger partial charge in [-0.3, -0.25) is 0 Å². The standard InChI is InChI=1S/C12H19OSi/c1-3-4-10-14(2)13-11-12-8-6-5-7-9-12/h5-9H,3-4,10-11H2,1-2H3. The fraction of sp³-hybridized carbons (Fsp3) is 0.500. The summed E-state index contributed by atoms with van der Waals surface area (Å²) in [5.41, 5.74) is 1.29. The predicted octanol–water partition coefficient (Wildman–Crippen LogP) is 3.62. The second kappa shape index (κ2) is 6.79. The molecule has 0 aliphatic rings. The van der Waals surface area contributed by atoms with Gasteiger partial charge in [0.2, 0.25) is 9.04 Å². The van der Waals surface area contributed by atoms with Crippen molar-refractivity contribution in [3.63, 3.8) is 0 Å². The summed E-state index contributed by atoms with van der Waals surface area (Å²) in [6, 6.07) is 11.7. The van der Waals surface area contributed by atoms with Crippen LogP contribution in [0, 0.1) is 0 Å². The lowest BCUT2D eigenvalue weighted by molar-refractivity contribution is 0.309. The molecule has 0 bridgehead atoms. The molecule has 1 radical (unpaired) electrons. The Morgan fingerprint density at radius 1 is 1.21 bits per heavy atom. The fourth-order valence-electron chi connectivity index (χ4n) is 1.28. The van der Waals surface area contributed by atoms with Crippen molar-refractivity contribution in [2.24, 2.45) is 0 Å². The van der Waals surface area contributed by atoms with Crippen LogP contribution in [0.15, 0.2) is 30.3 Å². The molecule has 1 aromatic rings. The molecule has 0 N–H and O–H groups in total. The zero-order chi connectivity index (χ0) is 10.2. The van der Waals surface area contributed by atoms with Gasteiger partial charge in [-0.05, 0) is 18.2 Å². The summed E-state index contributed by atoms with van der Waals surface area (Å²) in [6.45, 7) is 5.27. The van der Waals surface area contributed by atoms with Gasteiger partial charge in [-0.15, -0.1) is 0 Å². The van der Waals surface area contributed by atoms with E-state index in [0.717, 1.165) is 6.61 Å². The first-order chi connectivity index (χ1) is 6.83. The minimum Gasteiger partial charge on any atom is -0.413 e. The Bertz CT molecular complexity index is 235. The van der Waals surface area contributed by atoms with Crippen LogP contribution in [0.2, 0.25) is 12.6 Å². The first-order valence-electron chi connectivity index (χ1n) is 5.32. The number of hydrogen-bond acceptors (Lipinski definition) is 1. The molecule has 0 fully saturated rings. The predicted molar refractivity (Wildman–Crippen MR) is 62.6 cm³/mol. The highest BCUT2D eigenvalue weighted by Crippen LogP contribution is 2.06. The van der Waals surface area contributed by atoms with Crippen molar-refractivity contribution in [3.05, 3.63) is 35.9 Å². The third-order valence-electron chi connectivity index (χ3n) is 2.21. The normalized spacial score (nSPS) is 10.8. The van der Waals surface area contributed by atoms with Crippen LogP contribution < -0.4 is 0 Å². The molecule has 0 aromatic heterocycles. The molecule has 0 heterocycles. The lowest BCUT2D eigenvalue weighted by Gasteiger charge is -2.09. The average Bonchev–Trinajstić information content (AvgIpc) is 2.25. The summed E-state index contributed by atoms with van der Waals surface area (Å²) in [6.07, 6.45) is 2.58. The van der Waals surface area contributed by atoms with Crippen LogP contribution in [0.1, 0.15) is 25.3 Å². The Balaban J connectivity index is 2.20. The van der Waals surface area contributed by atoms with E-state index < -0.39 is 9.04 Å². The van der Waals surface area contributed by atoms with Crippen molar-refractivity contribution >= 4 is 9.04 Å². The highest BCUT2D eigenvalue weighted by atomic mass is 28.3. The minimum absolute atomic E-state index is 0.550. The van der Waals surface area contributed by atoms with Crippen molar-refractivity contribution in [2.75, 3.05) is 0 Å². The maximum atomic E-state index is 5.83. The summed E-state index contributed by atoms with van der Waals surface area (Å²) in [5.74, 6) is 0. The number of hydrogen-bond donors (Lipinski definition) is 0. The van der Waals surface area contributed by atoms with Crippen LogP contribution in [0.5, 0.6) is 0 Å². The molecule has 0 amide bonds. The van der Waals surface area contributed by atoms with Gasteiger partial charge in [-0.1, -0.05) is 50.1 Å². The van der Waals surface area contributed by atoms with Gasteiger partial charge in [0.1, 0.15) is 0 Å². The molecular weight excluding hydrogens is 188 g/mol. The highest BCUT2D eigenvalue weighted by molar-refractivity contribution is 6.50. The van der Waals surface area contributed by atoms with Crippen LogP contribution in [0.25, 0.3) is 0 Å². The maximum Gasteiger partial charge on any atom is 0.208 e. The zero-order valence-corrected chi connectivity index (χ0v) is 10.1. The van der Waals surface area contributed by atoms with Gasteiger partial charge >= 0.3 is 0 Å². The Morgan fingerprint density at radius 2 is 1.93 bits per heavy atom. The van der Waals surface area contributed by atoms with Gasteiger partial charge in [-0.2, -0.15) is 0 Å². The van der Waals surface area contributed by atoms with Crippen LogP contribution in [0.3, 0.4) is 0 Å². The van der Waals surface area contributed by atoms with Gasteiger partial charge in [0.05, 0.1) is 6.61 Å². The first-order valence-corrected chi connectivity index (χ1v) is 7.43. The van der Waals surface area contributed by atoms with Gasteiger partial charge in [0, 0.05) is 0 Å². The van der Waals surface area contributed by atoms with Crippen molar-refractivity contribution in [2.45, 2.75) is 39.0 Å². The molecule has 0 spiro atoms. The zero-order valence-electron chi connectivity index (χ0n) is 9.12. The summed E-state index contributed by atoms with van der Waals surface area (Å²) in [5, 5.41) is 0. The van der Waals surface area contributed by atoms with Crippen LogP contribution in [-0.2, 0) is 11.0 Å². The first kappa shape index (κ1) is 11.5. The smallest absolute Gasteiger partial charge is 0.208 e. The van der Waals surface area contributed by atoms with E-state index in [1.807, 2.05) is 6.07 Å². The van der Waals surface area contributed by atoms with Gasteiger partial charge in [-0.25, -0.2) is 0 Å². The van der Waals surface area contributed by atoms with E-state index in [4.69, 9.17) is 4.43 Å². The lowest BCUT2D eigenvalue weighted by atomic mass is 10.2. The summed E-state index contributed by atoms with van der Waals surface area (Å²) in [4.78, 5) is 0. The molecule has 77 valence electrons. The molecule has 2 heteroatoms. The second-order valence-corrected chi connectivity index (χ2v) is 5.77. The molecule has 0 unspecified atom stereocenters. The minimum atomic E-state index is -0.550. The van der Waals surface area contributed by atoms with Gasteiger partial charge in [0.25, 0.3) is 0 Å². The third-order valence-corrected chi connectivity index (χ3v) is 3.91. The summed E-state index contributed by atoms with van der Waals surface area (Å²) >= 11 is 0. The Labute approximate surface area is 88.8 Å². The largest absolute Gasteiger partial charge is 0.413 e. The molecule has 1 rings (SSSR count). The lowest BCUT2D eigenvalue weighted by Crippen LogP contribution is -2.12. The highest BCUT2D eigenvalue weighted by Gasteiger charge is 2.04. The van der Waals surface area contributed by atoms with E-state index >= 15 is 0 Å². The third kappa shape index (κ3) is 4.58. The summed E-state index contributed by atoms with van der Waals surface area (Å²) < 4.78 is 5.83. The van der Waals surface area contributed by atoms with Crippen molar-refractivity contribution < 1.29 is 4.43 Å². The van der Waals surface area contributed by atoms with Crippen LogP contribution in [-0.4, -0.2) is 9.04 Å². The molecule has 0 saturated heterocycles. The molecule has 1 aromatic carbocycles. The molecule has 1 nitrogen and oxygen atoms in total. The Kier molecular flexibility index (Phi) is 5.57. The second-order valence-electron chi connectivity index (χ2n) is 3.58. The summed E-state index contributed by atoms with van der Waals surface area (Å²) in [7, 11) is -0.550. The van der Waals surface area contributed by atoms with Crippen molar-refractivity contribution in [3.8, 4) is 0 Å². The van der Waals surface area contributed by atoms with Gasteiger partial charge < -0.3 is 4.43 Å². The van der Waals surface area contributed by atoms with Crippen molar-refractivity contribution in [1.29, 1.82) is 0 Å². The van der Waals surface area contributed by atoms with Crippen LogP contribution in [0.4, 0.5) is 0 Å². The SMILES string of the molecule is CCCC[Si](C)OCc1ccccc1.